The standard InChI is InChI=1S/C14H22N2O3S/c1-4-14(18,5-2)10-15-13(17)16-11-6-8-12(9-7-11)20(3)19/h6-9,18H,4-5,10H2,1-3H3,(H2,15,16,17). The van der Waals surface area contributed by atoms with Crippen LogP contribution in [0.25, 0.3) is 0 Å². The summed E-state index contributed by atoms with van der Waals surface area (Å²) in [5.41, 5.74) is -0.242. The summed E-state index contributed by atoms with van der Waals surface area (Å²) in [6.45, 7) is 3.97. The lowest BCUT2D eigenvalue weighted by Gasteiger charge is -2.25. The lowest BCUT2D eigenvalue weighted by atomic mass is 9.98. The quantitative estimate of drug-likeness (QED) is 0.752. The molecule has 0 fully saturated rings. The van der Waals surface area contributed by atoms with Crippen LogP contribution in [0, 0.1) is 0 Å². The van der Waals surface area contributed by atoms with E-state index in [4.69, 9.17) is 0 Å². The zero-order valence-corrected chi connectivity index (χ0v) is 12.9. The van der Waals surface area contributed by atoms with Crippen LogP contribution in [0.1, 0.15) is 26.7 Å². The van der Waals surface area contributed by atoms with E-state index in [9.17, 15) is 14.1 Å². The number of anilines is 1. The number of carbonyl (C=O) groups excluding carboxylic acids is 1. The van der Waals surface area contributed by atoms with Gasteiger partial charge in [0.2, 0.25) is 0 Å². The van der Waals surface area contributed by atoms with Gasteiger partial charge in [-0.2, -0.15) is 0 Å². The molecule has 2 amide bonds. The first-order valence-electron chi connectivity index (χ1n) is 6.61. The van der Waals surface area contributed by atoms with Gasteiger partial charge in [-0.1, -0.05) is 13.8 Å². The molecule has 3 N–H and O–H groups in total. The molecule has 5 nitrogen and oxygen atoms in total. The Kier molecular flexibility index (Phi) is 6.16. The van der Waals surface area contributed by atoms with Crippen LogP contribution in [0.15, 0.2) is 29.2 Å². The van der Waals surface area contributed by atoms with E-state index in [0.29, 0.717) is 23.4 Å². The van der Waals surface area contributed by atoms with Crippen LogP contribution in [0.4, 0.5) is 10.5 Å². The van der Waals surface area contributed by atoms with Crippen LogP contribution in [0.3, 0.4) is 0 Å². The molecular weight excluding hydrogens is 276 g/mol. The van der Waals surface area contributed by atoms with E-state index in [2.05, 4.69) is 10.6 Å². The molecule has 20 heavy (non-hydrogen) atoms. The van der Waals surface area contributed by atoms with Crippen molar-refractivity contribution in [2.24, 2.45) is 0 Å². The van der Waals surface area contributed by atoms with E-state index in [1.54, 1.807) is 30.5 Å². The summed E-state index contributed by atoms with van der Waals surface area (Å²) >= 11 is 0. The first-order valence-corrected chi connectivity index (χ1v) is 8.16. The fraction of sp³-hybridized carbons (Fsp3) is 0.500. The number of hydrogen-bond acceptors (Lipinski definition) is 3. The van der Waals surface area contributed by atoms with Gasteiger partial charge in [0.05, 0.1) is 5.60 Å². The predicted molar refractivity (Wildman–Crippen MR) is 81.3 cm³/mol. The summed E-state index contributed by atoms with van der Waals surface area (Å²) in [5.74, 6) is 0. The zero-order valence-electron chi connectivity index (χ0n) is 12.1. The molecule has 6 heteroatoms. The highest BCUT2D eigenvalue weighted by Crippen LogP contribution is 2.14. The van der Waals surface area contributed by atoms with Gasteiger partial charge in [0.1, 0.15) is 0 Å². The van der Waals surface area contributed by atoms with Crippen LogP contribution in [-0.4, -0.2) is 33.7 Å². The molecule has 0 radical (unpaired) electrons. The maximum absolute atomic E-state index is 11.7. The van der Waals surface area contributed by atoms with Crippen molar-refractivity contribution in [2.45, 2.75) is 37.2 Å². The molecule has 0 saturated carbocycles. The first kappa shape index (κ1) is 16.7. The van der Waals surface area contributed by atoms with E-state index in [1.807, 2.05) is 13.8 Å². The number of hydrogen-bond donors (Lipinski definition) is 3. The Morgan fingerprint density at radius 2 is 1.80 bits per heavy atom. The van der Waals surface area contributed by atoms with Crippen LogP contribution in [-0.2, 0) is 10.8 Å². The Labute approximate surface area is 122 Å². The summed E-state index contributed by atoms with van der Waals surface area (Å²) in [6.07, 6.45) is 2.77. The lowest BCUT2D eigenvalue weighted by Crippen LogP contribution is -2.43. The molecule has 0 spiro atoms. The van der Waals surface area contributed by atoms with Crippen molar-refractivity contribution in [3.63, 3.8) is 0 Å². The minimum absolute atomic E-state index is 0.211. The second-order valence-corrected chi connectivity index (χ2v) is 6.10. The molecule has 112 valence electrons. The number of amides is 2. The monoisotopic (exact) mass is 298 g/mol. The minimum atomic E-state index is -1.03. The molecule has 0 aliphatic carbocycles. The van der Waals surface area contributed by atoms with Gasteiger partial charge >= 0.3 is 6.03 Å². The normalized spacial score (nSPS) is 12.8. The number of carbonyl (C=O) groups is 1. The fourth-order valence-corrected chi connectivity index (χ4v) is 2.17. The summed E-state index contributed by atoms with van der Waals surface area (Å²) in [7, 11) is -1.03. The summed E-state index contributed by atoms with van der Waals surface area (Å²) < 4.78 is 11.2. The van der Waals surface area contributed by atoms with Crippen molar-refractivity contribution >= 4 is 22.5 Å². The minimum Gasteiger partial charge on any atom is -0.388 e. The number of rotatable bonds is 6. The summed E-state index contributed by atoms with van der Waals surface area (Å²) in [5, 5.41) is 15.4. The average molecular weight is 298 g/mol. The Balaban J connectivity index is 2.52. The third-order valence-electron chi connectivity index (χ3n) is 3.34. The van der Waals surface area contributed by atoms with E-state index in [1.165, 1.54) is 0 Å². The van der Waals surface area contributed by atoms with E-state index in [-0.39, 0.29) is 12.6 Å². The zero-order chi connectivity index (χ0) is 15.2. The third kappa shape index (κ3) is 4.94. The smallest absolute Gasteiger partial charge is 0.319 e. The molecule has 0 heterocycles. The molecule has 0 aliphatic heterocycles. The largest absolute Gasteiger partial charge is 0.388 e. The third-order valence-corrected chi connectivity index (χ3v) is 4.27. The van der Waals surface area contributed by atoms with Crippen LogP contribution in [0.2, 0.25) is 0 Å². The van der Waals surface area contributed by atoms with E-state index >= 15 is 0 Å². The number of nitrogens with one attached hydrogen (secondary N) is 2. The van der Waals surface area contributed by atoms with Crippen LogP contribution >= 0.6 is 0 Å². The van der Waals surface area contributed by atoms with Crippen molar-refractivity contribution in [2.75, 3.05) is 18.1 Å². The van der Waals surface area contributed by atoms with Gasteiger partial charge in [0, 0.05) is 34.2 Å². The maximum atomic E-state index is 11.7. The van der Waals surface area contributed by atoms with Gasteiger partial charge in [-0.25, -0.2) is 4.79 Å². The highest BCUT2D eigenvalue weighted by Gasteiger charge is 2.22. The van der Waals surface area contributed by atoms with E-state index < -0.39 is 16.4 Å². The maximum Gasteiger partial charge on any atom is 0.319 e. The predicted octanol–water partition coefficient (Wildman–Crippen LogP) is 2.10. The average Bonchev–Trinajstić information content (AvgIpc) is 2.45. The van der Waals surface area contributed by atoms with Gasteiger partial charge in [0.15, 0.2) is 0 Å². The van der Waals surface area contributed by atoms with Gasteiger partial charge in [-0.05, 0) is 37.1 Å². The summed E-state index contributed by atoms with van der Waals surface area (Å²) in [6, 6.07) is 6.45. The Morgan fingerprint density at radius 3 is 2.25 bits per heavy atom. The Hall–Kier alpha value is -1.40. The number of urea groups is 1. The van der Waals surface area contributed by atoms with Gasteiger partial charge < -0.3 is 15.7 Å². The first-order chi connectivity index (χ1) is 9.40. The number of aliphatic hydroxyl groups is 1. The van der Waals surface area contributed by atoms with Crippen molar-refractivity contribution < 1.29 is 14.1 Å². The summed E-state index contributed by atoms with van der Waals surface area (Å²) in [4.78, 5) is 12.4. The number of benzene rings is 1. The fourth-order valence-electron chi connectivity index (χ4n) is 1.65. The molecule has 1 rings (SSSR count). The van der Waals surface area contributed by atoms with Gasteiger partial charge in [-0.3, -0.25) is 4.21 Å². The highest BCUT2D eigenvalue weighted by molar-refractivity contribution is 7.84. The molecule has 1 aromatic rings. The molecule has 1 unspecified atom stereocenters. The van der Waals surface area contributed by atoms with Gasteiger partial charge in [0.25, 0.3) is 0 Å². The second kappa shape index (κ2) is 7.40. The van der Waals surface area contributed by atoms with E-state index in [0.717, 1.165) is 0 Å². The molecule has 1 aromatic carbocycles. The molecule has 0 saturated heterocycles. The lowest BCUT2D eigenvalue weighted by molar-refractivity contribution is 0.0354. The van der Waals surface area contributed by atoms with Crippen LogP contribution in [0.5, 0.6) is 0 Å². The molecule has 0 aliphatic rings. The van der Waals surface area contributed by atoms with Crippen LogP contribution < -0.4 is 10.6 Å². The van der Waals surface area contributed by atoms with Crippen molar-refractivity contribution in [3.8, 4) is 0 Å². The molecule has 0 aromatic heterocycles. The van der Waals surface area contributed by atoms with Crippen molar-refractivity contribution in [3.05, 3.63) is 24.3 Å². The molecule has 0 bridgehead atoms. The second-order valence-electron chi connectivity index (χ2n) is 4.72. The SMILES string of the molecule is CCC(O)(CC)CNC(=O)Nc1ccc(S(C)=O)cc1. The highest BCUT2D eigenvalue weighted by atomic mass is 32.2. The van der Waals surface area contributed by atoms with Gasteiger partial charge in [-0.15, -0.1) is 0 Å². The van der Waals surface area contributed by atoms with Crippen molar-refractivity contribution in [1.29, 1.82) is 0 Å². The molecule has 1 atom stereocenters. The Morgan fingerprint density at radius 1 is 1.25 bits per heavy atom. The van der Waals surface area contributed by atoms with Crippen molar-refractivity contribution in [1.82, 2.24) is 5.32 Å². The Bertz CT molecular complexity index is 470. The molecular formula is C14H22N2O3S. The topological polar surface area (TPSA) is 78.4 Å².